The molecule has 0 unspecified atom stereocenters. The van der Waals surface area contributed by atoms with Crippen molar-refractivity contribution in [2.45, 2.75) is 0 Å². The van der Waals surface area contributed by atoms with Gasteiger partial charge in [-0.15, -0.1) is 0 Å². The number of nitrogens with zero attached hydrogens (tertiary/aromatic N) is 2. The van der Waals surface area contributed by atoms with E-state index in [9.17, 15) is 0 Å². The minimum Gasteiger partial charge on any atom is -0.310 e. The Balaban J connectivity index is 0.979. The third kappa shape index (κ3) is 5.96. The predicted molar refractivity (Wildman–Crippen MR) is 264 cm³/mol. The molecule has 0 saturated carbocycles. The number of para-hydroxylation sites is 1. The minimum atomic E-state index is 1.10. The first-order valence-electron chi connectivity index (χ1n) is 21.3. The smallest absolute Gasteiger partial charge is 0.0619 e. The quantitative estimate of drug-likeness (QED) is 0.156. The van der Waals surface area contributed by atoms with Crippen LogP contribution in [0.4, 0.5) is 17.1 Å². The molecule has 290 valence electrons. The van der Waals surface area contributed by atoms with Gasteiger partial charge in [0.2, 0.25) is 0 Å². The molecule has 0 N–H and O–H groups in total. The van der Waals surface area contributed by atoms with Crippen LogP contribution in [0.1, 0.15) is 0 Å². The molecule has 0 amide bonds. The fraction of sp³-hybridized carbons (Fsp3) is 0. The Bertz CT molecular complexity index is 3600. The first-order chi connectivity index (χ1) is 30.8. The van der Waals surface area contributed by atoms with Gasteiger partial charge in [0.25, 0.3) is 0 Å². The van der Waals surface area contributed by atoms with Crippen molar-refractivity contribution < 1.29 is 0 Å². The predicted octanol–water partition coefficient (Wildman–Crippen LogP) is 16.7. The molecule has 0 aliphatic heterocycles. The first kappa shape index (κ1) is 35.7. The SMILES string of the molecule is c1ccc(-c2c(-c3ccc(N(c4ccc(-c5ccc6c7ccc8ccccc8c7n(-c7ccccc7)c6c5)cc4)c4cccc5ccccc45)cc3)ccc3ccccc23)cc1. The van der Waals surface area contributed by atoms with Crippen LogP contribution in [0.3, 0.4) is 0 Å². The van der Waals surface area contributed by atoms with Crippen LogP contribution in [0.15, 0.2) is 243 Å². The van der Waals surface area contributed by atoms with Gasteiger partial charge in [-0.2, -0.15) is 0 Å². The molecule has 62 heavy (non-hydrogen) atoms. The van der Waals surface area contributed by atoms with Crippen molar-refractivity contribution in [2.75, 3.05) is 4.90 Å². The largest absolute Gasteiger partial charge is 0.310 e. The van der Waals surface area contributed by atoms with Crippen LogP contribution in [0.2, 0.25) is 0 Å². The third-order valence-electron chi connectivity index (χ3n) is 12.6. The van der Waals surface area contributed by atoms with Crippen molar-refractivity contribution in [3.63, 3.8) is 0 Å². The second-order valence-corrected chi connectivity index (χ2v) is 16.1. The molecular formula is C60H40N2. The van der Waals surface area contributed by atoms with Gasteiger partial charge in [-0.3, -0.25) is 0 Å². The van der Waals surface area contributed by atoms with Crippen LogP contribution in [0.5, 0.6) is 0 Å². The van der Waals surface area contributed by atoms with Gasteiger partial charge in [-0.25, -0.2) is 0 Å². The normalized spacial score (nSPS) is 11.5. The fourth-order valence-corrected chi connectivity index (χ4v) is 9.65. The van der Waals surface area contributed by atoms with Gasteiger partial charge < -0.3 is 9.47 Å². The lowest BCUT2D eigenvalue weighted by Crippen LogP contribution is -2.10. The molecule has 0 bridgehead atoms. The van der Waals surface area contributed by atoms with Crippen molar-refractivity contribution in [3.8, 4) is 39.1 Å². The van der Waals surface area contributed by atoms with Crippen LogP contribution in [-0.2, 0) is 0 Å². The Morgan fingerprint density at radius 1 is 0.306 bits per heavy atom. The lowest BCUT2D eigenvalue weighted by Gasteiger charge is -2.27. The van der Waals surface area contributed by atoms with Crippen LogP contribution in [-0.4, -0.2) is 4.57 Å². The van der Waals surface area contributed by atoms with Gasteiger partial charge in [-0.1, -0.05) is 194 Å². The lowest BCUT2D eigenvalue weighted by atomic mass is 9.90. The number of anilines is 3. The van der Waals surface area contributed by atoms with E-state index in [0.717, 1.165) is 22.7 Å². The van der Waals surface area contributed by atoms with E-state index >= 15 is 0 Å². The maximum atomic E-state index is 2.44. The highest BCUT2D eigenvalue weighted by molar-refractivity contribution is 6.19. The van der Waals surface area contributed by atoms with Crippen LogP contribution < -0.4 is 4.90 Å². The summed E-state index contributed by atoms with van der Waals surface area (Å²) >= 11 is 0. The highest BCUT2D eigenvalue weighted by Gasteiger charge is 2.19. The van der Waals surface area contributed by atoms with E-state index < -0.39 is 0 Å². The molecule has 0 aliphatic carbocycles. The lowest BCUT2D eigenvalue weighted by molar-refractivity contribution is 1.19. The van der Waals surface area contributed by atoms with Gasteiger partial charge in [-0.05, 0) is 103 Å². The fourth-order valence-electron chi connectivity index (χ4n) is 9.65. The zero-order valence-electron chi connectivity index (χ0n) is 34.0. The van der Waals surface area contributed by atoms with Crippen molar-refractivity contribution in [1.29, 1.82) is 0 Å². The van der Waals surface area contributed by atoms with E-state index in [0.29, 0.717) is 0 Å². The van der Waals surface area contributed by atoms with E-state index in [1.165, 1.54) is 87.5 Å². The van der Waals surface area contributed by atoms with Crippen molar-refractivity contribution in [2.24, 2.45) is 0 Å². The van der Waals surface area contributed by atoms with E-state index in [1.807, 2.05) is 0 Å². The molecule has 1 aromatic heterocycles. The maximum absolute atomic E-state index is 2.44. The van der Waals surface area contributed by atoms with Gasteiger partial charge in [0, 0.05) is 38.6 Å². The second kappa shape index (κ2) is 14.8. The number of hydrogen-bond donors (Lipinski definition) is 0. The molecule has 0 spiro atoms. The van der Waals surface area contributed by atoms with Crippen molar-refractivity contribution in [3.05, 3.63) is 243 Å². The molecule has 0 saturated heterocycles. The summed E-state index contributed by atoms with van der Waals surface area (Å²) in [5.74, 6) is 0. The Morgan fingerprint density at radius 2 is 0.839 bits per heavy atom. The summed E-state index contributed by atoms with van der Waals surface area (Å²) in [6.07, 6.45) is 0. The molecule has 11 aromatic carbocycles. The average molecular weight is 789 g/mol. The minimum absolute atomic E-state index is 1.10. The summed E-state index contributed by atoms with van der Waals surface area (Å²) in [5, 5.41) is 9.92. The monoisotopic (exact) mass is 788 g/mol. The Labute approximate surface area is 360 Å². The summed E-state index contributed by atoms with van der Waals surface area (Å²) in [6.45, 7) is 0. The topological polar surface area (TPSA) is 8.17 Å². The molecule has 0 aliphatic rings. The molecule has 0 fully saturated rings. The summed E-state index contributed by atoms with van der Waals surface area (Å²) in [6, 6.07) is 88.4. The highest BCUT2D eigenvalue weighted by atomic mass is 15.1. The Morgan fingerprint density at radius 3 is 1.56 bits per heavy atom. The summed E-state index contributed by atoms with van der Waals surface area (Å²) < 4.78 is 2.44. The summed E-state index contributed by atoms with van der Waals surface area (Å²) in [7, 11) is 0. The molecular weight excluding hydrogens is 749 g/mol. The highest BCUT2D eigenvalue weighted by Crippen LogP contribution is 2.43. The van der Waals surface area contributed by atoms with E-state index in [4.69, 9.17) is 0 Å². The Kier molecular flexibility index (Phi) is 8.53. The van der Waals surface area contributed by atoms with E-state index in [2.05, 4.69) is 252 Å². The van der Waals surface area contributed by atoms with Gasteiger partial charge >= 0.3 is 0 Å². The van der Waals surface area contributed by atoms with Crippen LogP contribution in [0.25, 0.3) is 93.2 Å². The zero-order valence-corrected chi connectivity index (χ0v) is 34.0. The molecule has 1 heterocycles. The van der Waals surface area contributed by atoms with E-state index in [1.54, 1.807) is 0 Å². The van der Waals surface area contributed by atoms with Crippen molar-refractivity contribution >= 4 is 71.2 Å². The number of fused-ring (bicyclic) bond motifs is 7. The van der Waals surface area contributed by atoms with Gasteiger partial charge in [0.05, 0.1) is 16.7 Å². The molecule has 0 radical (unpaired) electrons. The summed E-state index contributed by atoms with van der Waals surface area (Å²) in [4.78, 5) is 2.40. The number of aromatic nitrogens is 1. The summed E-state index contributed by atoms with van der Waals surface area (Å²) in [5.41, 5.74) is 14.2. The van der Waals surface area contributed by atoms with Gasteiger partial charge in [0.1, 0.15) is 0 Å². The van der Waals surface area contributed by atoms with Crippen LogP contribution in [0, 0.1) is 0 Å². The molecule has 12 aromatic rings. The van der Waals surface area contributed by atoms with Crippen molar-refractivity contribution in [1.82, 2.24) is 4.57 Å². The molecule has 0 atom stereocenters. The molecule has 2 heteroatoms. The molecule has 2 nitrogen and oxygen atoms in total. The maximum Gasteiger partial charge on any atom is 0.0619 e. The van der Waals surface area contributed by atoms with Gasteiger partial charge in [0.15, 0.2) is 0 Å². The zero-order chi connectivity index (χ0) is 41.0. The number of benzene rings is 11. The second-order valence-electron chi connectivity index (χ2n) is 16.1. The first-order valence-corrected chi connectivity index (χ1v) is 21.3. The standard InChI is InChI=1S/C60H40N2/c1-3-17-46(18-4-1)59-52-23-11-8-15-43(52)30-37-53(59)45-28-35-50(36-29-45)61(57-25-13-19-42-14-7-10-22-51(42)57)49-33-26-41(27-34-49)47-32-38-55-56-39-31-44-16-9-12-24-54(44)60(56)62(58(55)40-47)48-20-5-2-6-21-48/h1-40H. The number of rotatable bonds is 7. The average Bonchev–Trinajstić information content (AvgIpc) is 3.69. The van der Waals surface area contributed by atoms with E-state index in [-0.39, 0.29) is 0 Å². The molecule has 12 rings (SSSR count). The van der Waals surface area contributed by atoms with Crippen LogP contribution >= 0.6 is 0 Å². The third-order valence-corrected chi connectivity index (χ3v) is 12.6. The number of hydrogen-bond acceptors (Lipinski definition) is 1. The Hall–Kier alpha value is -8.20.